The van der Waals surface area contributed by atoms with Crippen molar-refractivity contribution in [3.63, 3.8) is 0 Å². The Morgan fingerprint density at radius 2 is 1.80 bits per heavy atom. The lowest BCUT2D eigenvalue weighted by molar-refractivity contribution is 0.581. The van der Waals surface area contributed by atoms with Gasteiger partial charge in [-0.1, -0.05) is 12.1 Å². The molecule has 0 radical (unpaired) electrons. The van der Waals surface area contributed by atoms with Gasteiger partial charge in [0.25, 0.3) is 5.56 Å². The topological polar surface area (TPSA) is 34.9 Å². The van der Waals surface area contributed by atoms with Crippen LogP contribution in [0, 0.1) is 18.6 Å². The first kappa shape index (κ1) is 12.5. The molecule has 1 aromatic heterocycles. The first-order valence-corrected chi connectivity index (χ1v) is 6.00. The van der Waals surface area contributed by atoms with E-state index in [1.807, 2.05) is 13.0 Å². The van der Waals surface area contributed by atoms with Crippen molar-refractivity contribution in [3.05, 3.63) is 70.3 Å². The summed E-state index contributed by atoms with van der Waals surface area (Å²) in [6.07, 6.45) is 1.28. The zero-order chi connectivity index (χ0) is 14.3. The summed E-state index contributed by atoms with van der Waals surface area (Å²) in [5.41, 5.74) is 1.22. The lowest BCUT2D eigenvalue weighted by atomic mass is 10.1. The molecule has 0 aliphatic rings. The summed E-state index contributed by atoms with van der Waals surface area (Å²) in [5, 5.41) is 0.414. The smallest absolute Gasteiger partial charge is 0.265 e. The molecule has 0 aliphatic heterocycles. The maximum atomic E-state index is 13.2. The van der Waals surface area contributed by atoms with Gasteiger partial charge >= 0.3 is 0 Å². The molecule has 0 amide bonds. The van der Waals surface area contributed by atoms with E-state index in [1.165, 1.54) is 6.33 Å². The van der Waals surface area contributed by atoms with Gasteiger partial charge in [0.05, 0.1) is 16.6 Å². The van der Waals surface area contributed by atoms with Crippen LogP contribution in [0.2, 0.25) is 0 Å². The number of benzene rings is 2. The number of rotatable bonds is 1. The van der Waals surface area contributed by atoms with Gasteiger partial charge in [0, 0.05) is 6.07 Å². The zero-order valence-electron chi connectivity index (χ0n) is 10.6. The fourth-order valence-corrected chi connectivity index (χ4v) is 2.16. The molecule has 0 bridgehead atoms. The molecule has 0 aliphatic carbocycles. The average molecular weight is 272 g/mol. The minimum absolute atomic E-state index is 0.114. The highest BCUT2D eigenvalue weighted by atomic mass is 19.1. The summed E-state index contributed by atoms with van der Waals surface area (Å²) in [6.45, 7) is 1.85. The molecule has 0 atom stereocenters. The van der Waals surface area contributed by atoms with E-state index in [-0.39, 0.29) is 11.2 Å². The zero-order valence-corrected chi connectivity index (χ0v) is 10.6. The van der Waals surface area contributed by atoms with Crippen molar-refractivity contribution in [1.29, 1.82) is 0 Å². The summed E-state index contributed by atoms with van der Waals surface area (Å²) in [5.74, 6) is -1.48. The SMILES string of the molecule is Cc1cccc2c(=O)n(-c3cc(F)cc(F)c3)cnc12. The highest BCUT2D eigenvalue weighted by molar-refractivity contribution is 5.80. The molecule has 5 heteroatoms. The van der Waals surface area contributed by atoms with Crippen LogP contribution in [0.1, 0.15) is 5.56 Å². The number of halogens is 2. The van der Waals surface area contributed by atoms with Crippen LogP contribution in [0.3, 0.4) is 0 Å². The maximum Gasteiger partial charge on any atom is 0.265 e. The molecule has 100 valence electrons. The van der Waals surface area contributed by atoms with Gasteiger partial charge in [-0.15, -0.1) is 0 Å². The summed E-state index contributed by atoms with van der Waals surface area (Å²) in [7, 11) is 0. The third kappa shape index (κ3) is 1.97. The number of hydrogen-bond acceptors (Lipinski definition) is 2. The minimum Gasteiger partial charge on any atom is -0.268 e. The highest BCUT2D eigenvalue weighted by Gasteiger charge is 2.09. The number of para-hydroxylation sites is 1. The summed E-state index contributed by atoms with van der Waals surface area (Å²) >= 11 is 0. The van der Waals surface area contributed by atoms with Gasteiger partial charge in [0.1, 0.15) is 18.0 Å². The van der Waals surface area contributed by atoms with Crippen LogP contribution in [0.15, 0.2) is 47.5 Å². The van der Waals surface area contributed by atoms with E-state index in [1.54, 1.807) is 12.1 Å². The minimum atomic E-state index is -0.740. The van der Waals surface area contributed by atoms with Crippen LogP contribution >= 0.6 is 0 Å². The van der Waals surface area contributed by atoms with Gasteiger partial charge in [0.15, 0.2) is 0 Å². The quantitative estimate of drug-likeness (QED) is 0.682. The van der Waals surface area contributed by atoms with Gasteiger partial charge in [0.2, 0.25) is 0 Å². The van der Waals surface area contributed by atoms with Crippen molar-refractivity contribution in [2.75, 3.05) is 0 Å². The Bertz CT molecular complexity index is 851. The second-order valence-corrected chi connectivity index (χ2v) is 4.52. The number of hydrogen-bond donors (Lipinski definition) is 0. The van der Waals surface area contributed by atoms with Crippen molar-refractivity contribution in [2.45, 2.75) is 6.92 Å². The Morgan fingerprint density at radius 3 is 2.50 bits per heavy atom. The molecule has 3 aromatic rings. The average Bonchev–Trinajstić information content (AvgIpc) is 2.39. The van der Waals surface area contributed by atoms with Crippen LogP contribution < -0.4 is 5.56 Å². The first-order valence-electron chi connectivity index (χ1n) is 6.00. The van der Waals surface area contributed by atoms with Gasteiger partial charge in [-0.05, 0) is 30.7 Å². The van der Waals surface area contributed by atoms with Gasteiger partial charge in [-0.2, -0.15) is 0 Å². The molecule has 1 heterocycles. The number of fused-ring (bicyclic) bond motifs is 1. The predicted molar refractivity (Wildman–Crippen MR) is 72.0 cm³/mol. The Labute approximate surface area is 113 Å². The molecular weight excluding hydrogens is 262 g/mol. The lowest BCUT2D eigenvalue weighted by Gasteiger charge is -2.08. The fraction of sp³-hybridized carbons (Fsp3) is 0.0667. The second-order valence-electron chi connectivity index (χ2n) is 4.52. The largest absolute Gasteiger partial charge is 0.268 e. The van der Waals surface area contributed by atoms with E-state index < -0.39 is 11.6 Å². The fourth-order valence-electron chi connectivity index (χ4n) is 2.16. The highest BCUT2D eigenvalue weighted by Crippen LogP contribution is 2.15. The van der Waals surface area contributed by atoms with E-state index in [2.05, 4.69) is 4.98 Å². The molecule has 2 aromatic carbocycles. The molecule has 0 fully saturated rings. The van der Waals surface area contributed by atoms with Gasteiger partial charge < -0.3 is 0 Å². The molecule has 0 unspecified atom stereocenters. The summed E-state index contributed by atoms with van der Waals surface area (Å²) in [6, 6.07) is 8.18. The molecule has 20 heavy (non-hydrogen) atoms. The van der Waals surface area contributed by atoms with Crippen molar-refractivity contribution in [2.24, 2.45) is 0 Å². The maximum absolute atomic E-state index is 13.2. The molecule has 3 rings (SSSR count). The third-order valence-electron chi connectivity index (χ3n) is 3.11. The normalized spacial score (nSPS) is 10.9. The number of aromatic nitrogens is 2. The molecule has 0 saturated heterocycles. The van der Waals surface area contributed by atoms with E-state index in [4.69, 9.17) is 0 Å². The summed E-state index contributed by atoms with van der Waals surface area (Å²) < 4.78 is 27.6. The summed E-state index contributed by atoms with van der Waals surface area (Å²) in [4.78, 5) is 16.6. The molecule has 3 nitrogen and oxygen atoms in total. The lowest BCUT2D eigenvalue weighted by Crippen LogP contribution is -2.19. The van der Waals surface area contributed by atoms with Crippen molar-refractivity contribution in [3.8, 4) is 5.69 Å². The van der Waals surface area contributed by atoms with Gasteiger partial charge in [-0.25, -0.2) is 13.8 Å². The van der Waals surface area contributed by atoms with Crippen molar-refractivity contribution < 1.29 is 8.78 Å². The van der Waals surface area contributed by atoms with Crippen LogP contribution in [0.4, 0.5) is 8.78 Å². The number of nitrogens with zero attached hydrogens (tertiary/aromatic N) is 2. The van der Waals surface area contributed by atoms with Crippen molar-refractivity contribution >= 4 is 10.9 Å². The molecule has 0 saturated carbocycles. The predicted octanol–water partition coefficient (Wildman–Crippen LogP) is 2.97. The van der Waals surface area contributed by atoms with E-state index in [0.717, 1.165) is 28.3 Å². The Hall–Kier alpha value is -2.56. The van der Waals surface area contributed by atoms with Crippen molar-refractivity contribution in [1.82, 2.24) is 9.55 Å². The number of aryl methyl sites for hydroxylation is 1. The Kier molecular flexibility index (Phi) is 2.82. The second kappa shape index (κ2) is 4.52. The first-order chi connectivity index (χ1) is 9.56. The Balaban J connectivity index is 2.33. The van der Waals surface area contributed by atoms with E-state index >= 15 is 0 Å². The molecular formula is C15H10F2N2O. The van der Waals surface area contributed by atoms with E-state index in [9.17, 15) is 13.6 Å². The van der Waals surface area contributed by atoms with Crippen LogP contribution in [0.5, 0.6) is 0 Å². The molecule has 0 spiro atoms. The standard InChI is InChI=1S/C15H10F2N2O/c1-9-3-2-4-13-14(9)18-8-19(15(13)20)12-6-10(16)5-11(17)7-12/h2-8H,1H3. The third-order valence-corrected chi connectivity index (χ3v) is 3.11. The monoisotopic (exact) mass is 272 g/mol. The van der Waals surface area contributed by atoms with E-state index in [0.29, 0.717) is 10.9 Å². The van der Waals surface area contributed by atoms with Crippen LogP contribution in [0.25, 0.3) is 16.6 Å². The van der Waals surface area contributed by atoms with Crippen LogP contribution in [-0.4, -0.2) is 9.55 Å². The van der Waals surface area contributed by atoms with Gasteiger partial charge in [-0.3, -0.25) is 9.36 Å². The molecule has 0 N–H and O–H groups in total. The van der Waals surface area contributed by atoms with Crippen LogP contribution in [-0.2, 0) is 0 Å². The Morgan fingerprint density at radius 1 is 1.10 bits per heavy atom.